The van der Waals surface area contributed by atoms with E-state index in [0.717, 1.165) is 0 Å². The highest BCUT2D eigenvalue weighted by molar-refractivity contribution is 7.46. The third-order valence-corrected chi connectivity index (χ3v) is 0.653. The average molecular weight is 170 g/mol. The highest BCUT2D eigenvalue weighted by Crippen LogP contribution is 2.37. The summed E-state index contributed by atoms with van der Waals surface area (Å²) in [5, 5.41) is 0. The SMILES string of the molecule is CC(C)(C)OOP(=O)(O)O. The van der Waals surface area contributed by atoms with Crippen LogP contribution in [-0.4, -0.2) is 15.4 Å². The lowest BCUT2D eigenvalue weighted by Crippen LogP contribution is -2.18. The molecule has 0 heterocycles. The minimum atomic E-state index is -4.48. The van der Waals surface area contributed by atoms with Gasteiger partial charge < -0.3 is 9.79 Å². The second-order valence-corrected chi connectivity index (χ2v) is 3.89. The van der Waals surface area contributed by atoms with E-state index in [4.69, 9.17) is 9.79 Å². The zero-order valence-corrected chi connectivity index (χ0v) is 6.96. The monoisotopic (exact) mass is 170 g/mol. The molecule has 0 radical (unpaired) electrons. The summed E-state index contributed by atoms with van der Waals surface area (Å²) in [6.45, 7) is 4.84. The molecule has 0 spiro atoms. The van der Waals surface area contributed by atoms with E-state index in [1.165, 1.54) is 0 Å². The number of phosphoric acid groups is 1. The molecule has 0 atom stereocenters. The molecular formula is C4H11O5P. The zero-order valence-electron chi connectivity index (χ0n) is 6.07. The first-order valence-electron chi connectivity index (χ1n) is 2.64. The molecule has 0 rings (SSSR count). The fraction of sp³-hybridized carbons (Fsp3) is 1.00. The Labute approximate surface area is 59.1 Å². The van der Waals surface area contributed by atoms with Crippen LogP contribution >= 0.6 is 7.82 Å². The average Bonchev–Trinajstić information content (AvgIpc) is 1.57. The van der Waals surface area contributed by atoms with Gasteiger partial charge in [0.15, 0.2) is 0 Å². The van der Waals surface area contributed by atoms with Crippen LogP contribution in [-0.2, 0) is 14.1 Å². The van der Waals surface area contributed by atoms with Crippen molar-refractivity contribution in [3.63, 3.8) is 0 Å². The van der Waals surface area contributed by atoms with Crippen LogP contribution in [0.25, 0.3) is 0 Å². The molecule has 0 aromatic heterocycles. The van der Waals surface area contributed by atoms with Crippen LogP contribution < -0.4 is 0 Å². The van der Waals surface area contributed by atoms with Crippen LogP contribution in [0, 0.1) is 0 Å². The molecule has 0 fully saturated rings. The van der Waals surface area contributed by atoms with Gasteiger partial charge in [-0.1, -0.05) is 0 Å². The number of hydrogen-bond donors (Lipinski definition) is 2. The maximum absolute atomic E-state index is 10.0. The topological polar surface area (TPSA) is 76.0 Å². The lowest BCUT2D eigenvalue weighted by molar-refractivity contribution is -0.286. The fourth-order valence-electron chi connectivity index (χ4n) is 0.160. The van der Waals surface area contributed by atoms with Crippen LogP contribution in [0.2, 0.25) is 0 Å². The molecule has 0 saturated carbocycles. The summed E-state index contributed by atoms with van der Waals surface area (Å²) < 4.78 is 13.8. The van der Waals surface area contributed by atoms with Gasteiger partial charge in [-0.05, 0) is 20.8 Å². The molecular weight excluding hydrogens is 159 g/mol. The Hall–Kier alpha value is 0.0700. The lowest BCUT2D eigenvalue weighted by atomic mass is 10.2. The summed E-state index contributed by atoms with van der Waals surface area (Å²) in [5.74, 6) is 0. The van der Waals surface area contributed by atoms with Crippen molar-refractivity contribution in [2.75, 3.05) is 0 Å². The van der Waals surface area contributed by atoms with Gasteiger partial charge in [0.2, 0.25) is 0 Å². The van der Waals surface area contributed by atoms with Crippen molar-refractivity contribution in [2.24, 2.45) is 0 Å². The summed E-state index contributed by atoms with van der Waals surface area (Å²) in [5.41, 5.74) is -0.707. The molecule has 0 aliphatic rings. The van der Waals surface area contributed by atoms with Crippen molar-refractivity contribution in [3.8, 4) is 0 Å². The minimum absolute atomic E-state index is 0.707. The van der Waals surface area contributed by atoms with E-state index in [0.29, 0.717) is 0 Å². The maximum atomic E-state index is 10.0. The van der Waals surface area contributed by atoms with Crippen LogP contribution in [0.5, 0.6) is 0 Å². The minimum Gasteiger partial charge on any atom is -0.301 e. The van der Waals surface area contributed by atoms with E-state index < -0.39 is 13.4 Å². The number of hydrogen-bond acceptors (Lipinski definition) is 3. The van der Waals surface area contributed by atoms with Gasteiger partial charge in [-0.25, -0.2) is 9.45 Å². The predicted octanol–water partition coefficient (Wildman–Crippen LogP) is 0.826. The van der Waals surface area contributed by atoms with Gasteiger partial charge in [0.05, 0.1) is 5.60 Å². The van der Waals surface area contributed by atoms with Crippen molar-refractivity contribution in [3.05, 3.63) is 0 Å². The Bertz CT molecular complexity index is 142. The van der Waals surface area contributed by atoms with Gasteiger partial charge in [-0.3, -0.25) is 0 Å². The highest BCUT2D eigenvalue weighted by Gasteiger charge is 2.21. The lowest BCUT2D eigenvalue weighted by Gasteiger charge is -2.16. The summed E-state index contributed by atoms with van der Waals surface area (Å²) in [6.07, 6.45) is 0. The molecule has 0 aliphatic heterocycles. The third kappa shape index (κ3) is 8.07. The van der Waals surface area contributed by atoms with Gasteiger partial charge >= 0.3 is 7.82 Å². The summed E-state index contributed by atoms with van der Waals surface area (Å²) in [4.78, 5) is 20.6. The second kappa shape index (κ2) is 2.98. The van der Waals surface area contributed by atoms with Crippen molar-refractivity contribution >= 4 is 7.82 Å². The van der Waals surface area contributed by atoms with Crippen LogP contribution in [0.1, 0.15) is 20.8 Å². The van der Waals surface area contributed by atoms with E-state index >= 15 is 0 Å². The largest absolute Gasteiger partial charge is 0.496 e. The molecule has 2 N–H and O–H groups in total. The first kappa shape index (κ1) is 10.1. The Balaban J connectivity index is 3.67. The molecule has 0 saturated heterocycles. The standard InChI is InChI=1S/C4H11O5P/c1-4(2,3)8-9-10(5,6)7/h1-3H3,(H2,5,6,7). The normalized spacial score (nSPS) is 13.7. The highest BCUT2D eigenvalue weighted by atomic mass is 31.2. The smallest absolute Gasteiger partial charge is 0.301 e. The predicted molar refractivity (Wildman–Crippen MR) is 34.0 cm³/mol. The Morgan fingerprint density at radius 1 is 1.30 bits per heavy atom. The van der Waals surface area contributed by atoms with Crippen LogP contribution in [0.3, 0.4) is 0 Å². The third-order valence-electron chi connectivity index (χ3n) is 0.384. The summed E-state index contributed by atoms with van der Waals surface area (Å²) in [6, 6.07) is 0. The van der Waals surface area contributed by atoms with Crippen molar-refractivity contribution in [1.82, 2.24) is 0 Å². The molecule has 6 heteroatoms. The van der Waals surface area contributed by atoms with E-state index in [1.54, 1.807) is 20.8 Å². The van der Waals surface area contributed by atoms with Crippen LogP contribution in [0.4, 0.5) is 0 Å². The quantitative estimate of drug-likeness (QED) is 0.364. The van der Waals surface area contributed by atoms with E-state index in [9.17, 15) is 4.57 Å². The molecule has 0 aromatic carbocycles. The van der Waals surface area contributed by atoms with Gasteiger partial charge in [-0.2, -0.15) is 0 Å². The van der Waals surface area contributed by atoms with Gasteiger partial charge in [-0.15, -0.1) is 4.67 Å². The molecule has 10 heavy (non-hydrogen) atoms. The first-order chi connectivity index (χ1) is 4.21. The molecule has 0 unspecified atom stereocenters. The van der Waals surface area contributed by atoms with Gasteiger partial charge in [0.1, 0.15) is 0 Å². The van der Waals surface area contributed by atoms with Gasteiger partial charge in [0.25, 0.3) is 0 Å². The molecule has 0 aliphatic carbocycles. The molecule has 0 amide bonds. The number of rotatable bonds is 2. The van der Waals surface area contributed by atoms with E-state index in [2.05, 4.69) is 9.56 Å². The van der Waals surface area contributed by atoms with Gasteiger partial charge in [0, 0.05) is 0 Å². The molecule has 5 nitrogen and oxygen atoms in total. The molecule has 62 valence electrons. The second-order valence-electron chi connectivity index (χ2n) is 2.76. The van der Waals surface area contributed by atoms with Crippen LogP contribution in [0.15, 0.2) is 0 Å². The van der Waals surface area contributed by atoms with Crippen molar-refractivity contribution in [2.45, 2.75) is 26.4 Å². The maximum Gasteiger partial charge on any atom is 0.496 e. The Morgan fingerprint density at radius 3 is 1.80 bits per heavy atom. The molecule has 0 aromatic rings. The summed E-state index contributed by atoms with van der Waals surface area (Å²) >= 11 is 0. The first-order valence-corrected chi connectivity index (χ1v) is 4.17. The Kier molecular flexibility index (Phi) is 3.00. The van der Waals surface area contributed by atoms with Crippen molar-refractivity contribution < 1.29 is 23.9 Å². The summed E-state index contributed by atoms with van der Waals surface area (Å²) in [7, 11) is -4.48. The molecule has 0 bridgehead atoms. The van der Waals surface area contributed by atoms with Crippen molar-refractivity contribution in [1.29, 1.82) is 0 Å². The van der Waals surface area contributed by atoms with E-state index in [-0.39, 0.29) is 0 Å². The fourth-order valence-corrected chi connectivity index (χ4v) is 0.481. The Morgan fingerprint density at radius 2 is 1.70 bits per heavy atom. The van der Waals surface area contributed by atoms with E-state index in [1.807, 2.05) is 0 Å². The zero-order chi connectivity index (χ0) is 8.41.